The van der Waals surface area contributed by atoms with Crippen LogP contribution in [0.5, 0.6) is 0 Å². The van der Waals surface area contributed by atoms with Gasteiger partial charge in [0.1, 0.15) is 23.2 Å². The molecule has 26 heavy (non-hydrogen) atoms. The lowest BCUT2D eigenvalue weighted by Gasteiger charge is -2.28. The molecule has 0 spiro atoms. The minimum atomic E-state index is -4.04. The minimum absolute atomic E-state index is 0.0568. The molecule has 0 fully saturated rings. The number of hydrogen-bond donors (Lipinski definition) is 3. The summed E-state index contributed by atoms with van der Waals surface area (Å²) in [5.74, 6) is 0. The van der Waals surface area contributed by atoms with Crippen molar-refractivity contribution in [3.05, 3.63) is 91.0 Å². The van der Waals surface area contributed by atoms with E-state index in [2.05, 4.69) is 72.8 Å². The predicted molar refractivity (Wildman–Crippen MR) is 112 cm³/mol. The van der Waals surface area contributed by atoms with E-state index in [1.54, 1.807) is 0 Å². The summed E-state index contributed by atoms with van der Waals surface area (Å²) in [6.45, 7) is 0. The summed E-state index contributed by atoms with van der Waals surface area (Å²) in [5.41, 5.74) is 0. The average Bonchev–Trinajstić information content (AvgIpc) is 2.67. The van der Waals surface area contributed by atoms with Crippen molar-refractivity contribution in [2.45, 2.75) is 12.5 Å². The Bertz CT molecular complexity index is 708. The Morgan fingerprint density at radius 2 is 0.923 bits per heavy atom. The van der Waals surface area contributed by atoms with Gasteiger partial charge in [-0.15, -0.1) is 0 Å². The van der Waals surface area contributed by atoms with E-state index in [4.69, 9.17) is 0 Å². The number of rotatable bonds is 7. The van der Waals surface area contributed by atoms with E-state index in [1.165, 1.54) is 15.9 Å². The van der Waals surface area contributed by atoms with Crippen LogP contribution in [0, 0.1) is 0 Å². The topological polar surface area (TPSA) is 60.7 Å². The Kier molecular flexibility index (Phi) is 6.02. The van der Waals surface area contributed by atoms with Crippen LogP contribution >= 0.6 is 7.26 Å². The van der Waals surface area contributed by atoms with Crippen LogP contribution in [0.4, 0.5) is 0 Å². The van der Waals surface area contributed by atoms with Gasteiger partial charge in [-0.3, -0.25) is 0 Å². The van der Waals surface area contributed by atoms with E-state index in [1.807, 2.05) is 18.2 Å². The van der Waals surface area contributed by atoms with Crippen LogP contribution in [-0.2, 0) is 0 Å². The van der Waals surface area contributed by atoms with Crippen molar-refractivity contribution < 1.29 is 14.4 Å². The first-order chi connectivity index (χ1) is 12.5. The largest absolute Gasteiger partial charge is 0.492 e. The zero-order valence-corrected chi connectivity index (χ0v) is 16.5. The second-order valence-corrected chi connectivity index (χ2v) is 12.1. The van der Waals surface area contributed by atoms with Gasteiger partial charge in [-0.05, 0) is 42.8 Å². The van der Waals surface area contributed by atoms with E-state index in [9.17, 15) is 14.4 Å². The highest BCUT2D eigenvalue weighted by Crippen LogP contribution is 2.56. The van der Waals surface area contributed by atoms with Gasteiger partial charge < -0.3 is 14.4 Å². The summed E-state index contributed by atoms with van der Waals surface area (Å²) in [5, 5.41) is 3.79. The molecule has 3 nitrogen and oxygen atoms in total. The molecular formula is C21H24O3PSi+. The molecule has 0 aliphatic carbocycles. The highest BCUT2D eigenvalue weighted by molar-refractivity contribution is 7.95. The lowest BCUT2D eigenvalue weighted by molar-refractivity contribution is 0.227. The van der Waals surface area contributed by atoms with E-state index >= 15 is 0 Å². The summed E-state index contributed by atoms with van der Waals surface area (Å²) in [6.07, 6.45) is 1.34. The molecule has 134 valence electrons. The molecule has 3 aromatic rings. The van der Waals surface area contributed by atoms with Gasteiger partial charge in [0, 0.05) is 6.04 Å². The first-order valence-electron chi connectivity index (χ1n) is 8.74. The fourth-order valence-electron chi connectivity index (χ4n) is 3.44. The first-order valence-corrected chi connectivity index (χ1v) is 12.8. The van der Waals surface area contributed by atoms with Crippen molar-refractivity contribution in [3.63, 3.8) is 0 Å². The lowest BCUT2D eigenvalue weighted by Crippen LogP contribution is -2.37. The molecule has 0 amide bonds. The van der Waals surface area contributed by atoms with Crippen molar-refractivity contribution in [1.82, 2.24) is 0 Å². The molecule has 5 heteroatoms. The maximum atomic E-state index is 9.49. The fraction of sp³-hybridized carbons (Fsp3) is 0.143. The van der Waals surface area contributed by atoms with Gasteiger partial charge in [-0.2, -0.15) is 0 Å². The van der Waals surface area contributed by atoms with Crippen LogP contribution in [0.2, 0.25) is 6.04 Å². The monoisotopic (exact) mass is 383 g/mol. The summed E-state index contributed by atoms with van der Waals surface area (Å²) in [6, 6.07) is 31.4. The van der Waals surface area contributed by atoms with Crippen molar-refractivity contribution in [2.75, 3.05) is 6.16 Å². The predicted octanol–water partition coefficient (Wildman–Crippen LogP) is 2.29. The molecule has 0 aliphatic heterocycles. The number of hydrogen-bond acceptors (Lipinski definition) is 3. The first kappa shape index (κ1) is 19.0. The summed E-state index contributed by atoms with van der Waals surface area (Å²) < 4.78 is 0. The highest BCUT2D eigenvalue weighted by Gasteiger charge is 2.45. The fourth-order valence-corrected chi connectivity index (χ4v) is 8.73. The molecule has 3 aromatic carbocycles. The van der Waals surface area contributed by atoms with Crippen molar-refractivity contribution in [2.24, 2.45) is 0 Å². The van der Waals surface area contributed by atoms with Gasteiger partial charge in [0.25, 0.3) is 0 Å². The van der Waals surface area contributed by atoms with E-state index in [-0.39, 0.29) is 6.04 Å². The SMILES string of the molecule is O[Si](O)(O)CCC[P+](c1ccccc1)(c1ccccc1)c1ccccc1. The molecule has 0 atom stereocenters. The Balaban J connectivity index is 2.15. The molecule has 3 rings (SSSR count). The molecule has 0 aromatic heterocycles. The molecule has 0 radical (unpaired) electrons. The standard InChI is InChI=1S/C21H24O3PSi/c22-26(23,24)18-10-17-25(19-11-4-1-5-12-19,20-13-6-2-7-14-20)21-15-8-3-9-16-21/h1-9,11-16,22-24H,10,17-18H2/q+1. The van der Waals surface area contributed by atoms with Crippen LogP contribution < -0.4 is 15.9 Å². The van der Waals surface area contributed by atoms with Gasteiger partial charge >= 0.3 is 8.80 Å². The zero-order valence-electron chi connectivity index (χ0n) is 14.6. The van der Waals surface area contributed by atoms with Crippen molar-refractivity contribution in [3.8, 4) is 0 Å². The van der Waals surface area contributed by atoms with Gasteiger partial charge in [0.2, 0.25) is 0 Å². The van der Waals surface area contributed by atoms with Crippen molar-refractivity contribution >= 4 is 32.0 Å². The van der Waals surface area contributed by atoms with Crippen LogP contribution in [0.15, 0.2) is 91.0 Å². The summed E-state index contributed by atoms with van der Waals surface area (Å²) in [4.78, 5) is 28.5. The third-order valence-corrected chi connectivity index (χ3v) is 10.1. The Labute approximate surface area is 156 Å². The van der Waals surface area contributed by atoms with Crippen LogP contribution in [0.1, 0.15) is 6.42 Å². The summed E-state index contributed by atoms with van der Waals surface area (Å²) >= 11 is 0. The minimum Gasteiger partial charge on any atom is -0.390 e. The Morgan fingerprint density at radius 3 is 1.23 bits per heavy atom. The molecule has 3 N–H and O–H groups in total. The third kappa shape index (κ3) is 4.29. The van der Waals surface area contributed by atoms with Crippen molar-refractivity contribution in [1.29, 1.82) is 0 Å². The zero-order chi connectivity index (χ0) is 18.5. The Hall–Kier alpha value is -1.81. The molecule has 0 heterocycles. The molecule has 0 saturated heterocycles. The van der Waals surface area contributed by atoms with E-state index < -0.39 is 16.1 Å². The summed E-state index contributed by atoms with van der Waals surface area (Å²) in [7, 11) is -5.99. The second-order valence-electron chi connectivity index (χ2n) is 6.42. The maximum Gasteiger partial charge on any atom is 0.492 e. The van der Waals surface area contributed by atoms with Gasteiger partial charge in [-0.1, -0.05) is 54.6 Å². The normalized spacial score (nSPS) is 12.1. The molecule has 0 aliphatic rings. The van der Waals surface area contributed by atoms with Gasteiger partial charge in [0.05, 0.1) is 6.16 Å². The molecular weight excluding hydrogens is 359 g/mol. The lowest BCUT2D eigenvalue weighted by atomic mass is 10.4. The maximum absolute atomic E-state index is 9.49. The second kappa shape index (κ2) is 8.25. The average molecular weight is 383 g/mol. The Morgan fingerprint density at radius 1 is 0.577 bits per heavy atom. The smallest absolute Gasteiger partial charge is 0.390 e. The number of benzene rings is 3. The molecule has 0 bridgehead atoms. The van der Waals surface area contributed by atoms with E-state index in [0.29, 0.717) is 6.42 Å². The van der Waals surface area contributed by atoms with Gasteiger partial charge in [-0.25, -0.2) is 0 Å². The van der Waals surface area contributed by atoms with Gasteiger partial charge in [0.15, 0.2) is 0 Å². The van der Waals surface area contributed by atoms with Crippen LogP contribution in [0.25, 0.3) is 0 Å². The van der Waals surface area contributed by atoms with Crippen LogP contribution in [0.3, 0.4) is 0 Å². The quantitative estimate of drug-likeness (QED) is 0.433. The van der Waals surface area contributed by atoms with Crippen LogP contribution in [-0.4, -0.2) is 29.4 Å². The molecule has 0 saturated carbocycles. The highest BCUT2D eigenvalue weighted by atomic mass is 31.2. The third-order valence-electron chi connectivity index (χ3n) is 4.60. The van der Waals surface area contributed by atoms with E-state index in [0.717, 1.165) is 6.16 Å². The molecule has 0 unspecified atom stereocenters.